The van der Waals surface area contributed by atoms with E-state index in [1.807, 2.05) is 6.07 Å². The molecule has 0 amide bonds. The number of hydrogen-bond donors (Lipinski definition) is 1. The molecule has 1 saturated carbocycles. The van der Waals surface area contributed by atoms with Crippen LogP contribution in [0.25, 0.3) is 11.0 Å². The predicted molar refractivity (Wildman–Crippen MR) is 101 cm³/mol. The van der Waals surface area contributed by atoms with Gasteiger partial charge in [-0.2, -0.15) is 0 Å². The van der Waals surface area contributed by atoms with Gasteiger partial charge in [-0.3, -0.25) is 0 Å². The van der Waals surface area contributed by atoms with E-state index in [1.165, 1.54) is 0 Å². The number of carboxylic acid groups (broad SMARTS) is 1. The van der Waals surface area contributed by atoms with Gasteiger partial charge in [0.25, 0.3) is 0 Å². The molecule has 4 rings (SSSR count). The monoisotopic (exact) mass is 422 g/mol. The zero-order valence-corrected chi connectivity index (χ0v) is 16.4. The molecule has 2 fully saturated rings. The van der Waals surface area contributed by atoms with Gasteiger partial charge in [-0.25, -0.2) is 9.78 Å². The molecule has 0 bridgehead atoms. The number of fused-ring (bicyclic) bond motifs is 1. The lowest BCUT2D eigenvalue weighted by atomic mass is 9.81. The Morgan fingerprint density at radius 3 is 2.73 bits per heavy atom. The van der Waals surface area contributed by atoms with Crippen molar-refractivity contribution < 1.29 is 19.4 Å². The number of aromatic nitrogens is 2. The second-order valence-corrected chi connectivity index (χ2v) is 7.75. The molecule has 2 aliphatic rings. The second kappa shape index (κ2) is 6.94. The van der Waals surface area contributed by atoms with Gasteiger partial charge in [-0.15, -0.1) is 0 Å². The van der Waals surface area contributed by atoms with Gasteiger partial charge in [-0.05, 0) is 37.8 Å². The lowest BCUT2D eigenvalue weighted by Crippen LogP contribution is -2.37. The highest BCUT2D eigenvalue weighted by molar-refractivity contribution is 9.08. The molecular weight excluding hydrogens is 400 g/mol. The number of alkyl halides is 1. The molecule has 1 aliphatic carbocycles. The number of carboxylic acids is 1. The number of aromatic carboxylic acids is 1. The van der Waals surface area contributed by atoms with E-state index >= 15 is 0 Å². The Bertz CT molecular complexity index is 818. The van der Waals surface area contributed by atoms with Crippen LogP contribution in [0, 0.1) is 5.92 Å². The SMILES string of the molecule is CC(C1CCC2(CC1)OCCO2)n1c(CBr)c(C(=O)O)c2cccnc21. The molecule has 7 heteroatoms. The van der Waals surface area contributed by atoms with Crippen LogP contribution in [0.1, 0.15) is 54.7 Å². The zero-order valence-electron chi connectivity index (χ0n) is 14.8. The van der Waals surface area contributed by atoms with Gasteiger partial charge >= 0.3 is 5.97 Å². The quantitative estimate of drug-likeness (QED) is 0.749. The highest BCUT2D eigenvalue weighted by Gasteiger charge is 2.42. The zero-order chi connectivity index (χ0) is 18.3. The standard InChI is InChI=1S/C19H23BrN2O4/c1-12(13-4-6-19(7-5-13)25-9-10-26-19)22-15(11-20)16(18(23)24)14-3-2-8-21-17(14)22/h2-3,8,12-13H,4-7,9-11H2,1H3,(H,23,24). The maximum absolute atomic E-state index is 11.9. The van der Waals surface area contributed by atoms with Crippen LogP contribution in [-0.4, -0.2) is 39.6 Å². The van der Waals surface area contributed by atoms with E-state index in [2.05, 4.69) is 32.4 Å². The minimum Gasteiger partial charge on any atom is -0.478 e. The summed E-state index contributed by atoms with van der Waals surface area (Å²) in [6.45, 7) is 3.54. The average molecular weight is 423 g/mol. The summed E-state index contributed by atoms with van der Waals surface area (Å²) >= 11 is 3.49. The summed E-state index contributed by atoms with van der Waals surface area (Å²) in [4.78, 5) is 16.4. The molecule has 26 heavy (non-hydrogen) atoms. The highest BCUT2D eigenvalue weighted by Crippen LogP contribution is 2.43. The second-order valence-electron chi connectivity index (χ2n) is 7.19. The molecule has 0 aromatic carbocycles. The molecule has 140 valence electrons. The Hall–Kier alpha value is -1.44. The largest absolute Gasteiger partial charge is 0.478 e. The van der Waals surface area contributed by atoms with Gasteiger partial charge in [0, 0.05) is 41.5 Å². The van der Waals surface area contributed by atoms with Gasteiger partial charge in [0.1, 0.15) is 5.65 Å². The van der Waals surface area contributed by atoms with Crippen LogP contribution in [-0.2, 0) is 14.8 Å². The van der Waals surface area contributed by atoms with E-state index in [4.69, 9.17) is 9.47 Å². The Labute approximate surface area is 160 Å². The minimum absolute atomic E-state index is 0.159. The summed E-state index contributed by atoms with van der Waals surface area (Å²) in [5.41, 5.74) is 1.89. The van der Waals surface area contributed by atoms with Crippen LogP contribution in [0.4, 0.5) is 0 Å². The van der Waals surface area contributed by atoms with Crippen LogP contribution < -0.4 is 0 Å². The van der Waals surface area contributed by atoms with E-state index < -0.39 is 5.97 Å². The van der Waals surface area contributed by atoms with E-state index in [9.17, 15) is 9.90 Å². The smallest absolute Gasteiger partial charge is 0.338 e. The number of ether oxygens (including phenoxy) is 2. The van der Waals surface area contributed by atoms with Crippen LogP contribution in [0.2, 0.25) is 0 Å². The van der Waals surface area contributed by atoms with E-state index in [0.29, 0.717) is 35.4 Å². The predicted octanol–water partition coefficient (Wildman–Crippen LogP) is 4.12. The first kappa shape index (κ1) is 17.9. The van der Waals surface area contributed by atoms with Gasteiger partial charge in [0.2, 0.25) is 0 Å². The van der Waals surface area contributed by atoms with Gasteiger partial charge in [0.15, 0.2) is 5.79 Å². The summed E-state index contributed by atoms with van der Waals surface area (Å²) in [5.74, 6) is -0.846. The maximum atomic E-state index is 11.9. The first-order valence-corrected chi connectivity index (χ1v) is 10.2. The lowest BCUT2D eigenvalue weighted by molar-refractivity contribution is -0.184. The number of hydrogen-bond acceptors (Lipinski definition) is 4. The average Bonchev–Trinajstić information content (AvgIpc) is 3.23. The number of halogens is 1. The third kappa shape index (κ3) is 2.86. The molecule has 1 N–H and O–H groups in total. The molecule has 0 radical (unpaired) electrons. The molecule has 6 nitrogen and oxygen atoms in total. The van der Waals surface area contributed by atoms with Crippen LogP contribution >= 0.6 is 15.9 Å². The van der Waals surface area contributed by atoms with Crippen molar-refractivity contribution in [3.63, 3.8) is 0 Å². The molecule has 1 unspecified atom stereocenters. The first-order chi connectivity index (χ1) is 12.6. The number of carbonyl (C=O) groups is 1. The Morgan fingerprint density at radius 1 is 1.42 bits per heavy atom. The molecular formula is C19H23BrN2O4. The lowest BCUT2D eigenvalue weighted by Gasteiger charge is -2.38. The summed E-state index contributed by atoms with van der Waals surface area (Å²) < 4.78 is 13.8. The van der Waals surface area contributed by atoms with E-state index in [1.54, 1.807) is 12.3 Å². The third-order valence-corrected chi connectivity index (χ3v) is 6.43. The van der Waals surface area contributed by atoms with Crippen molar-refractivity contribution in [2.45, 2.75) is 49.8 Å². The third-order valence-electron chi connectivity index (χ3n) is 5.90. The van der Waals surface area contributed by atoms with Crippen molar-refractivity contribution in [1.82, 2.24) is 9.55 Å². The number of rotatable bonds is 4. The van der Waals surface area contributed by atoms with E-state index in [0.717, 1.165) is 37.0 Å². The molecule has 2 aromatic heterocycles. The Kier molecular flexibility index (Phi) is 4.79. The fourth-order valence-corrected chi connectivity index (χ4v) is 5.11. The topological polar surface area (TPSA) is 73.6 Å². The number of pyridine rings is 1. The van der Waals surface area contributed by atoms with Gasteiger partial charge in [-0.1, -0.05) is 15.9 Å². The number of nitrogens with zero attached hydrogens (tertiary/aromatic N) is 2. The van der Waals surface area contributed by atoms with Crippen molar-refractivity contribution in [2.75, 3.05) is 13.2 Å². The summed E-state index contributed by atoms with van der Waals surface area (Å²) in [6, 6.07) is 3.80. The Morgan fingerprint density at radius 2 is 2.12 bits per heavy atom. The van der Waals surface area contributed by atoms with Crippen molar-refractivity contribution in [3.8, 4) is 0 Å². The van der Waals surface area contributed by atoms with Crippen LogP contribution in [0.5, 0.6) is 0 Å². The van der Waals surface area contributed by atoms with Crippen molar-refractivity contribution in [3.05, 3.63) is 29.6 Å². The van der Waals surface area contributed by atoms with Crippen molar-refractivity contribution in [1.29, 1.82) is 0 Å². The minimum atomic E-state index is -0.904. The van der Waals surface area contributed by atoms with Crippen molar-refractivity contribution in [2.24, 2.45) is 5.92 Å². The fourth-order valence-electron chi connectivity index (χ4n) is 4.56. The molecule has 1 atom stereocenters. The first-order valence-electron chi connectivity index (χ1n) is 9.11. The van der Waals surface area contributed by atoms with E-state index in [-0.39, 0.29) is 11.8 Å². The molecule has 3 heterocycles. The molecule has 1 aliphatic heterocycles. The van der Waals surface area contributed by atoms with Crippen molar-refractivity contribution >= 4 is 32.9 Å². The highest BCUT2D eigenvalue weighted by atomic mass is 79.9. The van der Waals surface area contributed by atoms with Gasteiger partial charge in [0.05, 0.1) is 18.8 Å². The summed E-state index contributed by atoms with van der Waals surface area (Å²) in [6.07, 6.45) is 5.51. The maximum Gasteiger partial charge on any atom is 0.338 e. The molecule has 2 aromatic rings. The Balaban J connectivity index is 1.69. The van der Waals surface area contributed by atoms with Crippen LogP contribution in [0.15, 0.2) is 18.3 Å². The fraction of sp³-hybridized carbons (Fsp3) is 0.579. The summed E-state index contributed by atoms with van der Waals surface area (Å²) in [7, 11) is 0. The van der Waals surface area contributed by atoms with Gasteiger partial charge < -0.3 is 19.1 Å². The van der Waals surface area contributed by atoms with Crippen LogP contribution in [0.3, 0.4) is 0 Å². The summed E-state index contributed by atoms with van der Waals surface area (Å²) in [5, 5.41) is 10.9. The normalized spacial score (nSPS) is 21.5. The molecule has 1 spiro atoms. The molecule has 1 saturated heterocycles.